The highest BCUT2D eigenvalue weighted by Crippen LogP contribution is 2.41. The van der Waals surface area contributed by atoms with Crippen molar-refractivity contribution < 1.29 is 9.18 Å². The molecule has 0 bridgehead atoms. The average Bonchev–Trinajstić information content (AvgIpc) is 3.42. The predicted octanol–water partition coefficient (Wildman–Crippen LogP) is 4.48. The van der Waals surface area contributed by atoms with Gasteiger partial charge in [0, 0.05) is 34.9 Å². The second-order valence-electron chi connectivity index (χ2n) is 6.38. The first-order valence-corrected chi connectivity index (χ1v) is 10.3. The van der Waals surface area contributed by atoms with E-state index in [0.29, 0.717) is 16.1 Å². The van der Waals surface area contributed by atoms with Crippen molar-refractivity contribution in [1.82, 2.24) is 19.7 Å². The Morgan fingerprint density at radius 1 is 1.22 bits per heavy atom. The van der Waals surface area contributed by atoms with E-state index in [4.69, 9.17) is 0 Å². The first kappa shape index (κ1) is 18.3. The number of ketones is 1. The zero-order valence-corrected chi connectivity index (χ0v) is 16.7. The summed E-state index contributed by atoms with van der Waals surface area (Å²) in [6, 6.07) is 8.93. The fourth-order valence-electron chi connectivity index (χ4n) is 2.81. The maximum Gasteiger partial charge on any atom is 0.192 e. The second-order valence-corrected chi connectivity index (χ2v) is 8.24. The summed E-state index contributed by atoms with van der Waals surface area (Å²) in [5, 5.41) is 9.34. The number of hydrogen-bond donors (Lipinski definition) is 0. The molecule has 1 saturated carbocycles. The van der Waals surface area contributed by atoms with Crippen LogP contribution in [-0.4, -0.2) is 31.3 Å². The minimum atomic E-state index is -0.371. The lowest BCUT2D eigenvalue weighted by Gasteiger charge is -2.08. The van der Waals surface area contributed by atoms with Crippen LogP contribution >= 0.6 is 27.7 Å². The largest absolute Gasteiger partial charge is 0.299 e. The van der Waals surface area contributed by atoms with Crippen molar-refractivity contribution in [2.75, 3.05) is 5.75 Å². The van der Waals surface area contributed by atoms with E-state index in [9.17, 15) is 9.18 Å². The van der Waals surface area contributed by atoms with Crippen molar-refractivity contribution in [2.45, 2.75) is 30.5 Å². The minimum Gasteiger partial charge on any atom is -0.299 e. The number of halogens is 2. The van der Waals surface area contributed by atoms with E-state index in [1.54, 1.807) is 24.5 Å². The number of nitrogens with zero attached hydrogens (tertiary/aromatic N) is 4. The third-order valence-corrected chi connectivity index (χ3v) is 5.78. The summed E-state index contributed by atoms with van der Waals surface area (Å²) in [4.78, 5) is 16.4. The van der Waals surface area contributed by atoms with E-state index in [0.717, 1.165) is 29.4 Å². The van der Waals surface area contributed by atoms with Gasteiger partial charge in [-0.3, -0.25) is 14.3 Å². The summed E-state index contributed by atoms with van der Waals surface area (Å²) >= 11 is 4.58. The molecule has 1 aliphatic rings. The topological polar surface area (TPSA) is 60.7 Å². The maximum absolute atomic E-state index is 13.9. The molecule has 0 amide bonds. The summed E-state index contributed by atoms with van der Waals surface area (Å²) in [5.41, 5.74) is 1.37. The Labute approximate surface area is 168 Å². The van der Waals surface area contributed by atoms with Crippen LogP contribution in [0.4, 0.5) is 4.39 Å². The normalized spacial score (nSPS) is 13.7. The van der Waals surface area contributed by atoms with Crippen LogP contribution in [0.25, 0.3) is 11.4 Å². The van der Waals surface area contributed by atoms with Crippen molar-refractivity contribution in [3.05, 3.63) is 58.6 Å². The van der Waals surface area contributed by atoms with E-state index in [2.05, 4.69) is 35.7 Å². The highest BCUT2D eigenvalue weighted by atomic mass is 79.9. The minimum absolute atomic E-state index is 0.0444. The molecule has 0 spiro atoms. The summed E-state index contributed by atoms with van der Waals surface area (Å²) in [6.07, 6.45) is 5.69. The van der Waals surface area contributed by atoms with Crippen molar-refractivity contribution in [1.29, 1.82) is 0 Å². The first-order chi connectivity index (χ1) is 13.1. The summed E-state index contributed by atoms with van der Waals surface area (Å²) in [6.45, 7) is 0. The predicted molar refractivity (Wildman–Crippen MR) is 105 cm³/mol. The lowest BCUT2D eigenvalue weighted by molar-refractivity contribution is -0.116. The van der Waals surface area contributed by atoms with Gasteiger partial charge in [0.25, 0.3) is 0 Å². The SMILES string of the molecule is O=C(CSc1nnc(-c2ccncc2)n1C1CC1)Cc1ccc(Br)cc1F. The Kier molecular flexibility index (Phi) is 5.36. The molecule has 8 heteroatoms. The van der Waals surface area contributed by atoms with E-state index < -0.39 is 0 Å². The number of benzene rings is 1. The van der Waals surface area contributed by atoms with E-state index >= 15 is 0 Å². The second kappa shape index (κ2) is 7.90. The van der Waals surface area contributed by atoms with Crippen molar-refractivity contribution >= 4 is 33.5 Å². The molecule has 0 aliphatic heterocycles. The fourth-order valence-corrected chi connectivity index (χ4v) is 4.01. The molecule has 4 rings (SSSR count). The zero-order chi connectivity index (χ0) is 18.8. The van der Waals surface area contributed by atoms with Gasteiger partial charge in [0.1, 0.15) is 11.6 Å². The quantitative estimate of drug-likeness (QED) is 0.500. The molecule has 5 nitrogen and oxygen atoms in total. The number of rotatable bonds is 7. The van der Waals surface area contributed by atoms with E-state index in [1.165, 1.54) is 17.8 Å². The molecule has 0 atom stereocenters. The summed E-state index contributed by atoms with van der Waals surface area (Å²) in [7, 11) is 0. The van der Waals surface area contributed by atoms with Crippen molar-refractivity contribution in [2.24, 2.45) is 0 Å². The Hall–Kier alpha value is -2.06. The Morgan fingerprint density at radius 2 is 2.00 bits per heavy atom. The standard InChI is InChI=1S/C19H16BrFN4OS/c20-14-2-1-13(17(21)10-14)9-16(26)11-27-19-24-23-18(25(19)15-3-4-15)12-5-7-22-8-6-12/h1-2,5-8,10,15H,3-4,9,11H2. The number of thioether (sulfide) groups is 1. The highest BCUT2D eigenvalue weighted by molar-refractivity contribution is 9.10. The average molecular weight is 447 g/mol. The molecule has 0 saturated heterocycles. The Bertz CT molecular complexity index is 975. The molecule has 0 unspecified atom stereocenters. The van der Waals surface area contributed by atoms with Gasteiger partial charge in [-0.15, -0.1) is 10.2 Å². The van der Waals surface area contributed by atoms with Gasteiger partial charge in [0.05, 0.1) is 5.75 Å². The molecule has 2 heterocycles. The number of hydrogen-bond acceptors (Lipinski definition) is 5. The van der Waals surface area contributed by atoms with Gasteiger partial charge >= 0.3 is 0 Å². The highest BCUT2D eigenvalue weighted by Gasteiger charge is 2.30. The molecule has 3 aromatic rings. The maximum atomic E-state index is 13.9. The molecule has 1 aliphatic carbocycles. The van der Waals surface area contributed by atoms with Gasteiger partial charge in [-0.1, -0.05) is 33.8 Å². The number of carbonyl (C=O) groups is 1. The zero-order valence-electron chi connectivity index (χ0n) is 14.3. The monoisotopic (exact) mass is 446 g/mol. The molecule has 2 aromatic heterocycles. The molecule has 138 valence electrons. The number of aromatic nitrogens is 4. The molecule has 0 radical (unpaired) electrons. The van der Waals surface area contributed by atoms with Gasteiger partial charge in [0.15, 0.2) is 11.0 Å². The van der Waals surface area contributed by atoms with Crippen molar-refractivity contribution in [3.8, 4) is 11.4 Å². The van der Waals surface area contributed by atoms with E-state index in [-0.39, 0.29) is 23.8 Å². The van der Waals surface area contributed by atoms with Gasteiger partial charge in [-0.25, -0.2) is 4.39 Å². The van der Waals surface area contributed by atoms with Gasteiger partial charge < -0.3 is 0 Å². The van der Waals surface area contributed by atoms with Gasteiger partial charge in [0.2, 0.25) is 0 Å². The Balaban J connectivity index is 1.47. The fraction of sp³-hybridized carbons (Fsp3) is 0.263. The van der Waals surface area contributed by atoms with Crippen LogP contribution in [0.1, 0.15) is 24.4 Å². The van der Waals surface area contributed by atoms with E-state index in [1.807, 2.05) is 12.1 Å². The number of Topliss-reactive ketones (excluding diaryl/α,β-unsaturated/α-hetero) is 1. The third-order valence-electron chi connectivity index (χ3n) is 4.28. The lowest BCUT2D eigenvalue weighted by atomic mass is 10.1. The molecule has 1 aromatic carbocycles. The van der Waals surface area contributed by atoms with Gasteiger partial charge in [-0.2, -0.15) is 0 Å². The van der Waals surface area contributed by atoms with Crippen LogP contribution in [0, 0.1) is 5.82 Å². The molecule has 27 heavy (non-hydrogen) atoms. The van der Waals surface area contributed by atoms with Crippen molar-refractivity contribution in [3.63, 3.8) is 0 Å². The van der Waals surface area contributed by atoms with Crippen LogP contribution in [-0.2, 0) is 11.2 Å². The first-order valence-electron chi connectivity index (χ1n) is 8.55. The molecule has 1 fully saturated rings. The third kappa shape index (κ3) is 4.27. The molecular formula is C19H16BrFN4OS. The molecular weight excluding hydrogens is 431 g/mol. The van der Waals surface area contributed by atoms with Gasteiger partial charge in [-0.05, 0) is 42.7 Å². The lowest BCUT2D eigenvalue weighted by Crippen LogP contribution is -2.08. The summed E-state index contributed by atoms with van der Waals surface area (Å²) < 4.78 is 16.7. The Morgan fingerprint density at radius 3 is 2.70 bits per heavy atom. The van der Waals surface area contributed by atoms with Crippen LogP contribution in [0.5, 0.6) is 0 Å². The van der Waals surface area contributed by atoms with Crippen LogP contribution < -0.4 is 0 Å². The number of carbonyl (C=O) groups excluding carboxylic acids is 1. The summed E-state index contributed by atoms with van der Waals surface area (Å²) in [5.74, 6) is 0.617. The van der Waals surface area contributed by atoms with Crippen LogP contribution in [0.3, 0.4) is 0 Å². The molecule has 0 N–H and O–H groups in total. The number of pyridine rings is 1. The van der Waals surface area contributed by atoms with Crippen LogP contribution in [0.15, 0.2) is 52.4 Å². The van der Waals surface area contributed by atoms with Crippen LogP contribution in [0.2, 0.25) is 0 Å². The smallest absolute Gasteiger partial charge is 0.192 e.